The largest absolute Gasteiger partial charge is 0.347 e. The number of nitrogens with zero attached hydrogens (tertiary/aromatic N) is 1. The van der Waals surface area contributed by atoms with Gasteiger partial charge in [-0.1, -0.05) is 19.3 Å². The number of aromatic nitrogens is 2. The second-order valence-corrected chi connectivity index (χ2v) is 7.41. The number of aromatic amines is 1. The molecule has 2 N–H and O–H groups in total. The fraction of sp³-hybridized carbons (Fsp3) is 0.550. The molecular weight excluding hydrogens is 301 g/mol. The molecule has 2 aliphatic rings. The Morgan fingerprint density at radius 3 is 2.54 bits per heavy atom. The molecule has 1 heterocycles. The first-order chi connectivity index (χ1) is 11.8. The van der Waals surface area contributed by atoms with Gasteiger partial charge in [0.15, 0.2) is 0 Å². The van der Waals surface area contributed by atoms with Crippen molar-refractivity contribution in [3.63, 3.8) is 0 Å². The maximum absolute atomic E-state index is 13.1. The van der Waals surface area contributed by atoms with Gasteiger partial charge in [-0.25, -0.2) is 9.37 Å². The summed E-state index contributed by atoms with van der Waals surface area (Å²) in [6.45, 7) is 1.10. The summed E-state index contributed by atoms with van der Waals surface area (Å²) in [6.07, 6.45) is 11.3. The molecule has 3 nitrogen and oxygen atoms in total. The molecule has 2 aliphatic carbocycles. The number of hydrogen-bond donors (Lipinski definition) is 2. The van der Waals surface area contributed by atoms with Crippen LogP contribution in [0, 0.1) is 17.7 Å². The van der Waals surface area contributed by atoms with Gasteiger partial charge in [-0.3, -0.25) is 0 Å². The van der Waals surface area contributed by atoms with Gasteiger partial charge in [0.2, 0.25) is 0 Å². The van der Waals surface area contributed by atoms with Crippen LogP contribution in [0.3, 0.4) is 0 Å². The van der Waals surface area contributed by atoms with E-state index in [9.17, 15) is 4.39 Å². The van der Waals surface area contributed by atoms with Gasteiger partial charge in [-0.2, -0.15) is 0 Å². The second-order valence-electron chi connectivity index (χ2n) is 7.41. The highest BCUT2D eigenvalue weighted by Gasteiger charge is 2.29. The summed E-state index contributed by atoms with van der Waals surface area (Å²) in [5.74, 6) is 2.37. The van der Waals surface area contributed by atoms with Crippen molar-refractivity contribution in [2.45, 2.75) is 51.0 Å². The predicted octanol–water partition coefficient (Wildman–Crippen LogP) is 4.84. The number of H-pyrrole nitrogens is 1. The van der Waals surface area contributed by atoms with Gasteiger partial charge in [-0.15, -0.1) is 0 Å². The molecule has 0 bridgehead atoms. The first-order valence-corrected chi connectivity index (χ1v) is 9.34. The minimum absolute atomic E-state index is 0.208. The van der Waals surface area contributed by atoms with E-state index < -0.39 is 0 Å². The average molecular weight is 327 g/mol. The Bertz CT molecular complexity index is 654. The van der Waals surface area contributed by atoms with E-state index in [1.54, 1.807) is 12.1 Å². The van der Waals surface area contributed by atoms with Gasteiger partial charge >= 0.3 is 0 Å². The smallest absolute Gasteiger partial charge is 0.124 e. The Hall–Kier alpha value is -1.68. The molecule has 1 aromatic heterocycles. The van der Waals surface area contributed by atoms with Crippen molar-refractivity contribution in [2.75, 3.05) is 6.54 Å². The second kappa shape index (κ2) is 7.06. The quantitative estimate of drug-likeness (QED) is 0.797. The van der Waals surface area contributed by atoms with Gasteiger partial charge in [0, 0.05) is 11.8 Å². The standard InChI is InChI=1S/C20H26FN3/c21-17-10-8-15(9-11-17)18-13-23-20(24-18)19(22-12-14-6-7-14)16-4-2-1-3-5-16/h8-11,13-14,16,19,22H,1-7,12H2,(H,23,24)/t19-/m0/s1. The molecule has 1 aromatic carbocycles. The number of halogens is 1. The monoisotopic (exact) mass is 327 g/mol. The predicted molar refractivity (Wildman–Crippen MR) is 94.0 cm³/mol. The number of hydrogen-bond acceptors (Lipinski definition) is 2. The molecule has 1 atom stereocenters. The maximum atomic E-state index is 13.1. The molecule has 4 rings (SSSR count). The molecule has 24 heavy (non-hydrogen) atoms. The molecule has 0 radical (unpaired) electrons. The molecule has 4 heteroatoms. The summed E-state index contributed by atoms with van der Waals surface area (Å²) in [5, 5.41) is 3.79. The minimum atomic E-state index is -0.208. The highest BCUT2D eigenvalue weighted by molar-refractivity contribution is 5.58. The normalized spacial score (nSPS) is 20.2. The Morgan fingerprint density at radius 2 is 1.83 bits per heavy atom. The van der Waals surface area contributed by atoms with Crippen molar-refractivity contribution in [1.82, 2.24) is 15.3 Å². The molecule has 0 spiro atoms. The van der Waals surface area contributed by atoms with Crippen LogP contribution in [-0.4, -0.2) is 16.5 Å². The summed E-state index contributed by atoms with van der Waals surface area (Å²) < 4.78 is 13.1. The van der Waals surface area contributed by atoms with Crippen LogP contribution in [-0.2, 0) is 0 Å². The topological polar surface area (TPSA) is 40.7 Å². The molecule has 0 saturated heterocycles. The lowest BCUT2D eigenvalue weighted by Gasteiger charge is -2.30. The summed E-state index contributed by atoms with van der Waals surface area (Å²) in [7, 11) is 0. The van der Waals surface area contributed by atoms with Crippen molar-refractivity contribution in [1.29, 1.82) is 0 Å². The van der Waals surface area contributed by atoms with Crippen molar-refractivity contribution in [2.24, 2.45) is 11.8 Å². The number of benzene rings is 1. The lowest BCUT2D eigenvalue weighted by molar-refractivity contribution is 0.262. The Kier molecular flexibility index (Phi) is 4.65. The Morgan fingerprint density at radius 1 is 1.08 bits per heavy atom. The third kappa shape index (κ3) is 3.69. The van der Waals surface area contributed by atoms with Crippen LogP contribution in [0.4, 0.5) is 4.39 Å². The third-order valence-corrected chi connectivity index (χ3v) is 5.48. The third-order valence-electron chi connectivity index (χ3n) is 5.48. The Balaban J connectivity index is 1.53. The molecule has 2 aromatic rings. The van der Waals surface area contributed by atoms with Crippen LogP contribution in [0.1, 0.15) is 56.8 Å². The zero-order chi connectivity index (χ0) is 16.4. The Labute approximate surface area is 143 Å². The zero-order valence-corrected chi connectivity index (χ0v) is 14.1. The summed E-state index contributed by atoms with van der Waals surface area (Å²) in [6, 6.07) is 6.90. The average Bonchev–Trinajstić information content (AvgIpc) is 3.32. The van der Waals surface area contributed by atoms with Gasteiger partial charge < -0.3 is 10.3 Å². The van der Waals surface area contributed by atoms with E-state index >= 15 is 0 Å². The molecular formula is C20H26FN3. The van der Waals surface area contributed by atoms with E-state index in [1.165, 1.54) is 57.1 Å². The number of rotatable bonds is 6. The van der Waals surface area contributed by atoms with Crippen LogP contribution >= 0.6 is 0 Å². The van der Waals surface area contributed by atoms with E-state index in [-0.39, 0.29) is 5.82 Å². The van der Waals surface area contributed by atoms with E-state index in [1.807, 2.05) is 6.20 Å². The number of nitrogens with one attached hydrogen (secondary N) is 2. The molecule has 0 unspecified atom stereocenters. The van der Waals surface area contributed by atoms with Crippen LogP contribution < -0.4 is 5.32 Å². The van der Waals surface area contributed by atoms with E-state index in [0.29, 0.717) is 12.0 Å². The highest BCUT2D eigenvalue weighted by atomic mass is 19.1. The molecule has 2 fully saturated rings. The number of imidazole rings is 1. The molecule has 2 saturated carbocycles. The summed E-state index contributed by atoms with van der Waals surface area (Å²) in [4.78, 5) is 8.24. The van der Waals surface area contributed by atoms with Crippen molar-refractivity contribution in [3.05, 3.63) is 42.1 Å². The fourth-order valence-electron chi connectivity index (χ4n) is 3.83. The van der Waals surface area contributed by atoms with Crippen molar-refractivity contribution in [3.8, 4) is 11.3 Å². The lowest BCUT2D eigenvalue weighted by Crippen LogP contribution is -2.32. The van der Waals surface area contributed by atoms with Crippen LogP contribution in [0.2, 0.25) is 0 Å². The highest BCUT2D eigenvalue weighted by Crippen LogP contribution is 2.35. The van der Waals surface area contributed by atoms with Gasteiger partial charge in [-0.05, 0) is 68.3 Å². The van der Waals surface area contributed by atoms with Crippen LogP contribution in [0.5, 0.6) is 0 Å². The lowest BCUT2D eigenvalue weighted by atomic mass is 9.83. The first kappa shape index (κ1) is 15.8. The first-order valence-electron chi connectivity index (χ1n) is 9.34. The SMILES string of the molecule is Fc1ccc(-c2c[nH]c([C@@H](NCC3CC3)C3CCCCC3)n2)cc1. The summed E-state index contributed by atoms with van der Waals surface area (Å²) >= 11 is 0. The minimum Gasteiger partial charge on any atom is -0.347 e. The van der Waals surface area contributed by atoms with E-state index in [4.69, 9.17) is 4.98 Å². The zero-order valence-electron chi connectivity index (χ0n) is 14.1. The summed E-state index contributed by atoms with van der Waals surface area (Å²) in [5.41, 5.74) is 1.86. The fourth-order valence-corrected chi connectivity index (χ4v) is 3.83. The maximum Gasteiger partial charge on any atom is 0.124 e. The van der Waals surface area contributed by atoms with E-state index in [2.05, 4.69) is 10.3 Å². The van der Waals surface area contributed by atoms with Gasteiger partial charge in [0.05, 0.1) is 11.7 Å². The van der Waals surface area contributed by atoms with Crippen LogP contribution in [0.15, 0.2) is 30.5 Å². The van der Waals surface area contributed by atoms with Gasteiger partial charge in [0.25, 0.3) is 0 Å². The van der Waals surface area contributed by atoms with Crippen molar-refractivity contribution < 1.29 is 4.39 Å². The van der Waals surface area contributed by atoms with E-state index in [0.717, 1.165) is 29.5 Å². The van der Waals surface area contributed by atoms with Gasteiger partial charge in [0.1, 0.15) is 11.6 Å². The van der Waals surface area contributed by atoms with Crippen molar-refractivity contribution >= 4 is 0 Å². The molecule has 128 valence electrons. The van der Waals surface area contributed by atoms with Crippen LogP contribution in [0.25, 0.3) is 11.3 Å². The molecule has 0 aliphatic heterocycles. The molecule has 0 amide bonds.